The van der Waals surface area contributed by atoms with Crippen LogP contribution in [-0.4, -0.2) is 10.9 Å². The highest BCUT2D eigenvalue weighted by atomic mass is 35.5. The van der Waals surface area contributed by atoms with Gasteiger partial charge in [-0.05, 0) is 30.7 Å². The number of carbonyl (C=O) groups excluding carboxylic acids is 1. The molecule has 2 heterocycles. The third kappa shape index (κ3) is 3.37. The maximum atomic E-state index is 12.1. The average Bonchev–Trinajstić information content (AvgIpc) is 3.15. The Balaban J connectivity index is 1.65. The zero-order valence-electron chi connectivity index (χ0n) is 11.8. The Bertz CT molecular complexity index is 793. The van der Waals surface area contributed by atoms with Crippen LogP contribution in [0.25, 0.3) is 11.5 Å². The van der Waals surface area contributed by atoms with Gasteiger partial charge in [0.2, 0.25) is 0 Å². The number of hydrogen-bond donors (Lipinski definition) is 1. The van der Waals surface area contributed by atoms with Crippen LogP contribution in [0.4, 0.5) is 0 Å². The van der Waals surface area contributed by atoms with E-state index in [-0.39, 0.29) is 5.91 Å². The number of nitrogens with zero attached hydrogens (tertiary/aromatic N) is 1. The topological polar surface area (TPSA) is 55.1 Å². The minimum atomic E-state index is -0.183. The van der Waals surface area contributed by atoms with Crippen molar-refractivity contribution in [3.05, 3.63) is 63.1 Å². The number of benzene rings is 1. The minimum Gasteiger partial charge on any atom is -0.462 e. The molecule has 0 aliphatic rings. The van der Waals surface area contributed by atoms with Crippen molar-refractivity contribution in [1.29, 1.82) is 0 Å². The molecule has 0 atom stereocenters. The van der Waals surface area contributed by atoms with Gasteiger partial charge in [-0.1, -0.05) is 23.7 Å². The van der Waals surface area contributed by atoms with Crippen LogP contribution in [0.3, 0.4) is 0 Å². The maximum Gasteiger partial charge on any atom is 0.254 e. The summed E-state index contributed by atoms with van der Waals surface area (Å²) in [6, 6.07) is 9.04. The van der Waals surface area contributed by atoms with E-state index in [9.17, 15) is 4.79 Å². The number of nitrogens with one attached hydrogen (secondary N) is 1. The molecular weight excluding hydrogens is 320 g/mol. The first-order valence-corrected chi connectivity index (χ1v) is 7.91. The van der Waals surface area contributed by atoms with Crippen LogP contribution in [0.15, 0.2) is 46.4 Å². The van der Waals surface area contributed by atoms with Gasteiger partial charge in [-0.25, -0.2) is 4.98 Å². The lowest BCUT2D eigenvalue weighted by molar-refractivity contribution is 0.0950. The average molecular weight is 333 g/mol. The van der Waals surface area contributed by atoms with Gasteiger partial charge in [0.1, 0.15) is 12.0 Å². The van der Waals surface area contributed by atoms with E-state index < -0.39 is 0 Å². The van der Waals surface area contributed by atoms with E-state index in [0.717, 1.165) is 16.3 Å². The zero-order chi connectivity index (χ0) is 15.5. The summed E-state index contributed by atoms with van der Waals surface area (Å²) in [4.78, 5) is 16.5. The smallest absolute Gasteiger partial charge is 0.254 e. The van der Waals surface area contributed by atoms with Crippen molar-refractivity contribution in [1.82, 2.24) is 10.3 Å². The van der Waals surface area contributed by atoms with Gasteiger partial charge in [0.25, 0.3) is 5.91 Å². The Kier molecular flexibility index (Phi) is 4.27. The fourth-order valence-electron chi connectivity index (χ4n) is 1.95. The molecule has 0 aliphatic carbocycles. The van der Waals surface area contributed by atoms with Gasteiger partial charge in [-0.3, -0.25) is 4.79 Å². The van der Waals surface area contributed by atoms with Gasteiger partial charge in [0.15, 0.2) is 5.76 Å². The highest BCUT2D eigenvalue weighted by Crippen LogP contribution is 2.23. The lowest BCUT2D eigenvalue weighted by atomic mass is 10.2. The number of hydrogen-bond acceptors (Lipinski definition) is 4. The molecule has 4 nitrogen and oxygen atoms in total. The van der Waals surface area contributed by atoms with Gasteiger partial charge >= 0.3 is 0 Å². The summed E-state index contributed by atoms with van der Waals surface area (Å²) >= 11 is 7.37. The third-order valence-corrected chi connectivity index (χ3v) is 4.12. The van der Waals surface area contributed by atoms with Crippen LogP contribution in [0.2, 0.25) is 5.02 Å². The fraction of sp³-hybridized carbons (Fsp3) is 0.125. The van der Waals surface area contributed by atoms with Crippen LogP contribution >= 0.6 is 22.9 Å². The molecule has 1 amide bonds. The minimum absolute atomic E-state index is 0.183. The van der Waals surface area contributed by atoms with Crippen LogP contribution in [0.1, 0.15) is 20.9 Å². The first kappa shape index (κ1) is 14.8. The summed E-state index contributed by atoms with van der Waals surface area (Å²) in [5, 5.41) is 6.38. The summed E-state index contributed by atoms with van der Waals surface area (Å²) < 4.78 is 5.42. The molecule has 0 saturated heterocycles. The quantitative estimate of drug-likeness (QED) is 0.775. The van der Waals surface area contributed by atoms with Crippen molar-refractivity contribution in [3.63, 3.8) is 0 Å². The van der Waals surface area contributed by atoms with E-state index >= 15 is 0 Å². The molecule has 2 aromatic heterocycles. The number of halogens is 1. The molecule has 112 valence electrons. The molecular formula is C16H13ClN2O2S. The lowest BCUT2D eigenvalue weighted by Crippen LogP contribution is -2.22. The van der Waals surface area contributed by atoms with Crippen molar-refractivity contribution in [2.24, 2.45) is 0 Å². The number of carbonyl (C=O) groups is 1. The highest BCUT2D eigenvalue weighted by molar-refractivity contribution is 7.09. The standard InChI is InChI=1S/C16H13ClN2O2S/c1-10-19-14(9-22-10)15-6-12(8-21-15)16(20)18-7-11-2-4-13(17)5-3-11/h2-6,8-9H,7H2,1H3,(H,18,20). The Hall–Kier alpha value is -2.11. The van der Waals surface area contributed by atoms with Gasteiger partial charge in [0, 0.05) is 16.9 Å². The zero-order valence-corrected chi connectivity index (χ0v) is 13.4. The van der Waals surface area contributed by atoms with Gasteiger partial charge in [-0.2, -0.15) is 0 Å². The van der Waals surface area contributed by atoms with Crippen molar-refractivity contribution >= 4 is 28.8 Å². The van der Waals surface area contributed by atoms with Crippen LogP contribution in [0.5, 0.6) is 0 Å². The molecule has 1 aromatic carbocycles. The second-order valence-electron chi connectivity index (χ2n) is 4.76. The monoisotopic (exact) mass is 332 g/mol. The number of aryl methyl sites for hydroxylation is 1. The van der Waals surface area contributed by atoms with Crippen molar-refractivity contribution in [2.45, 2.75) is 13.5 Å². The number of aromatic nitrogens is 1. The van der Waals surface area contributed by atoms with Crippen LogP contribution in [-0.2, 0) is 6.54 Å². The summed E-state index contributed by atoms with van der Waals surface area (Å²) in [6.45, 7) is 2.36. The Labute approximate surface area is 136 Å². The summed E-state index contributed by atoms with van der Waals surface area (Å²) in [5.74, 6) is 0.415. The molecule has 0 unspecified atom stereocenters. The van der Waals surface area contributed by atoms with Crippen molar-refractivity contribution < 1.29 is 9.21 Å². The number of thiazole rings is 1. The summed E-state index contributed by atoms with van der Waals surface area (Å²) in [7, 11) is 0. The summed E-state index contributed by atoms with van der Waals surface area (Å²) in [6.07, 6.45) is 1.45. The predicted molar refractivity (Wildman–Crippen MR) is 87.2 cm³/mol. The van der Waals surface area contributed by atoms with Gasteiger partial charge in [0.05, 0.1) is 10.6 Å². The molecule has 3 rings (SSSR count). The van der Waals surface area contributed by atoms with E-state index in [0.29, 0.717) is 22.9 Å². The highest BCUT2D eigenvalue weighted by Gasteiger charge is 2.12. The Morgan fingerprint density at radius 1 is 1.36 bits per heavy atom. The molecule has 0 aliphatic heterocycles. The summed E-state index contributed by atoms with van der Waals surface area (Å²) in [5.41, 5.74) is 2.21. The SMILES string of the molecule is Cc1nc(-c2cc(C(=O)NCc3ccc(Cl)cc3)co2)cs1. The van der Waals surface area contributed by atoms with Gasteiger partial charge < -0.3 is 9.73 Å². The molecule has 0 radical (unpaired) electrons. The van der Waals surface area contributed by atoms with Crippen LogP contribution < -0.4 is 5.32 Å². The Morgan fingerprint density at radius 2 is 2.14 bits per heavy atom. The lowest BCUT2D eigenvalue weighted by Gasteiger charge is -2.03. The van der Waals surface area contributed by atoms with E-state index in [1.54, 1.807) is 29.5 Å². The van der Waals surface area contributed by atoms with Crippen molar-refractivity contribution in [3.8, 4) is 11.5 Å². The molecule has 22 heavy (non-hydrogen) atoms. The number of rotatable bonds is 4. The van der Waals surface area contributed by atoms with Crippen LogP contribution in [0, 0.1) is 6.92 Å². The van der Waals surface area contributed by atoms with Crippen molar-refractivity contribution in [2.75, 3.05) is 0 Å². The first-order chi connectivity index (χ1) is 10.6. The second-order valence-corrected chi connectivity index (χ2v) is 6.26. The molecule has 0 spiro atoms. The molecule has 0 saturated carbocycles. The van der Waals surface area contributed by atoms with Gasteiger partial charge in [-0.15, -0.1) is 11.3 Å². The number of furan rings is 1. The molecule has 6 heteroatoms. The first-order valence-electron chi connectivity index (χ1n) is 6.65. The maximum absolute atomic E-state index is 12.1. The molecule has 1 N–H and O–H groups in total. The van der Waals surface area contributed by atoms with E-state index in [1.807, 2.05) is 24.4 Å². The van der Waals surface area contributed by atoms with E-state index in [2.05, 4.69) is 10.3 Å². The third-order valence-electron chi connectivity index (χ3n) is 3.10. The molecule has 3 aromatic rings. The number of amides is 1. The predicted octanol–water partition coefficient (Wildman–Crippen LogP) is 4.29. The van der Waals surface area contributed by atoms with E-state index in [1.165, 1.54) is 6.26 Å². The van der Waals surface area contributed by atoms with E-state index in [4.69, 9.17) is 16.0 Å². The normalized spacial score (nSPS) is 10.6. The molecule has 0 fully saturated rings. The molecule has 0 bridgehead atoms. The fourth-order valence-corrected chi connectivity index (χ4v) is 2.68. The Morgan fingerprint density at radius 3 is 2.82 bits per heavy atom. The second kappa shape index (κ2) is 6.34. The largest absolute Gasteiger partial charge is 0.462 e.